The second-order valence-corrected chi connectivity index (χ2v) is 5.69. The summed E-state index contributed by atoms with van der Waals surface area (Å²) < 4.78 is 10.8. The highest BCUT2D eigenvalue weighted by molar-refractivity contribution is 4.80. The van der Waals surface area contributed by atoms with E-state index in [1.165, 1.54) is 12.8 Å². The summed E-state index contributed by atoms with van der Waals surface area (Å²) in [6.07, 6.45) is 3.50. The second kappa shape index (κ2) is 10.8. The molecule has 18 heavy (non-hydrogen) atoms. The normalized spacial score (nSPS) is 15.0. The van der Waals surface area contributed by atoms with Gasteiger partial charge in [-0.2, -0.15) is 0 Å². The molecule has 1 N–H and O–H groups in total. The molecule has 1 atom stereocenters. The Morgan fingerprint density at radius 1 is 1.17 bits per heavy atom. The van der Waals surface area contributed by atoms with Crippen molar-refractivity contribution in [2.24, 2.45) is 11.3 Å². The van der Waals surface area contributed by atoms with Crippen LogP contribution in [0.2, 0.25) is 0 Å². The van der Waals surface area contributed by atoms with Gasteiger partial charge in [-0.05, 0) is 24.2 Å². The van der Waals surface area contributed by atoms with Crippen LogP contribution in [0.5, 0.6) is 0 Å². The number of hydrogen-bond donors (Lipinski definition) is 1. The third-order valence-corrected chi connectivity index (χ3v) is 3.87. The molecular formula is C15H33NO2. The predicted molar refractivity (Wildman–Crippen MR) is 78.0 cm³/mol. The first-order valence-electron chi connectivity index (χ1n) is 7.34. The Hall–Kier alpha value is -0.120. The number of methoxy groups -OCH3 is 1. The zero-order valence-electron chi connectivity index (χ0n) is 13.1. The van der Waals surface area contributed by atoms with Crippen molar-refractivity contribution in [3.63, 3.8) is 0 Å². The molecule has 110 valence electrons. The van der Waals surface area contributed by atoms with Crippen molar-refractivity contribution in [2.75, 3.05) is 40.0 Å². The molecule has 0 saturated carbocycles. The van der Waals surface area contributed by atoms with Crippen LogP contribution in [-0.2, 0) is 9.47 Å². The summed E-state index contributed by atoms with van der Waals surface area (Å²) in [7, 11) is 1.74. The van der Waals surface area contributed by atoms with E-state index in [0.29, 0.717) is 11.3 Å². The van der Waals surface area contributed by atoms with Gasteiger partial charge in [-0.1, -0.05) is 34.1 Å². The molecule has 0 saturated heterocycles. The van der Waals surface area contributed by atoms with Crippen LogP contribution in [0.1, 0.15) is 47.0 Å². The molecular weight excluding hydrogens is 226 g/mol. The van der Waals surface area contributed by atoms with Crippen molar-refractivity contribution in [2.45, 2.75) is 47.0 Å². The third-order valence-electron chi connectivity index (χ3n) is 3.87. The minimum atomic E-state index is 0.306. The van der Waals surface area contributed by atoms with Crippen molar-refractivity contribution in [1.29, 1.82) is 0 Å². The lowest BCUT2D eigenvalue weighted by molar-refractivity contribution is 0.0763. The molecule has 0 amide bonds. The van der Waals surface area contributed by atoms with Gasteiger partial charge in [-0.25, -0.2) is 0 Å². The molecule has 0 aliphatic rings. The molecule has 0 bridgehead atoms. The Labute approximate surface area is 114 Å². The topological polar surface area (TPSA) is 30.5 Å². The summed E-state index contributed by atoms with van der Waals surface area (Å²) in [6, 6.07) is 0. The van der Waals surface area contributed by atoms with Crippen LogP contribution in [0.4, 0.5) is 0 Å². The van der Waals surface area contributed by atoms with Gasteiger partial charge in [0.05, 0.1) is 6.61 Å². The fourth-order valence-electron chi connectivity index (χ4n) is 1.78. The maximum Gasteiger partial charge on any atom is 0.0587 e. The molecule has 0 aliphatic heterocycles. The monoisotopic (exact) mass is 259 g/mol. The zero-order chi connectivity index (χ0) is 13.9. The Morgan fingerprint density at radius 3 is 2.44 bits per heavy atom. The standard InChI is InChI=1S/C15H33NO2/c1-6-7-10-18-11-8-15(4,14(2)3)13-16-9-12-17-5/h14,16H,6-13H2,1-5H3. The lowest BCUT2D eigenvalue weighted by Gasteiger charge is -2.34. The lowest BCUT2D eigenvalue weighted by atomic mass is 9.76. The summed E-state index contributed by atoms with van der Waals surface area (Å²) >= 11 is 0. The fourth-order valence-corrected chi connectivity index (χ4v) is 1.78. The molecule has 1 unspecified atom stereocenters. The lowest BCUT2D eigenvalue weighted by Crippen LogP contribution is -2.38. The van der Waals surface area contributed by atoms with Crippen molar-refractivity contribution < 1.29 is 9.47 Å². The maximum absolute atomic E-state index is 5.69. The van der Waals surface area contributed by atoms with Gasteiger partial charge in [-0.15, -0.1) is 0 Å². The fraction of sp³-hybridized carbons (Fsp3) is 1.00. The number of hydrogen-bond acceptors (Lipinski definition) is 3. The molecule has 0 fully saturated rings. The van der Waals surface area contributed by atoms with E-state index in [1.807, 2.05) is 0 Å². The predicted octanol–water partition coefficient (Wildman–Crippen LogP) is 3.09. The van der Waals surface area contributed by atoms with Crippen molar-refractivity contribution in [3.05, 3.63) is 0 Å². The molecule has 0 spiro atoms. The number of ether oxygens (including phenoxy) is 2. The summed E-state index contributed by atoms with van der Waals surface area (Å²) in [5.74, 6) is 0.655. The largest absolute Gasteiger partial charge is 0.383 e. The molecule has 0 aromatic carbocycles. The Bertz CT molecular complexity index is 185. The minimum Gasteiger partial charge on any atom is -0.383 e. The second-order valence-electron chi connectivity index (χ2n) is 5.69. The first kappa shape index (κ1) is 17.9. The molecule has 0 radical (unpaired) electrons. The summed E-state index contributed by atoms with van der Waals surface area (Å²) in [4.78, 5) is 0. The van der Waals surface area contributed by atoms with Gasteiger partial charge in [-0.3, -0.25) is 0 Å². The van der Waals surface area contributed by atoms with E-state index >= 15 is 0 Å². The molecule has 0 heterocycles. The van der Waals surface area contributed by atoms with E-state index in [0.717, 1.165) is 39.3 Å². The quantitative estimate of drug-likeness (QED) is 0.546. The summed E-state index contributed by atoms with van der Waals surface area (Å²) in [6.45, 7) is 13.7. The van der Waals surface area contributed by atoms with Gasteiger partial charge in [0.15, 0.2) is 0 Å². The average Bonchev–Trinajstić information content (AvgIpc) is 2.34. The van der Waals surface area contributed by atoms with Crippen LogP contribution in [0.25, 0.3) is 0 Å². The van der Waals surface area contributed by atoms with E-state index in [1.54, 1.807) is 7.11 Å². The summed E-state index contributed by atoms with van der Waals surface area (Å²) in [5.41, 5.74) is 0.306. The Morgan fingerprint density at radius 2 is 1.89 bits per heavy atom. The van der Waals surface area contributed by atoms with Crippen molar-refractivity contribution >= 4 is 0 Å². The van der Waals surface area contributed by atoms with Crippen LogP contribution in [-0.4, -0.2) is 40.0 Å². The van der Waals surface area contributed by atoms with Gasteiger partial charge in [0.1, 0.15) is 0 Å². The van der Waals surface area contributed by atoms with Crippen LogP contribution < -0.4 is 5.32 Å². The Kier molecular flexibility index (Phi) is 10.7. The maximum atomic E-state index is 5.69. The van der Waals surface area contributed by atoms with E-state index < -0.39 is 0 Å². The molecule has 3 nitrogen and oxygen atoms in total. The average molecular weight is 259 g/mol. The number of rotatable bonds is 12. The Balaban J connectivity index is 3.86. The van der Waals surface area contributed by atoms with Gasteiger partial charge >= 0.3 is 0 Å². The van der Waals surface area contributed by atoms with Gasteiger partial charge in [0, 0.05) is 33.4 Å². The molecule has 3 heteroatoms. The van der Waals surface area contributed by atoms with Gasteiger partial charge < -0.3 is 14.8 Å². The summed E-state index contributed by atoms with van der Waals surface area (Å²) in [5, 5.41) is 3.48. The van der Waals surface area contributed by atoms with Gasteiger partial charge in [0.2, 0.25) is 0 Å². The van der Waals surface area contributed by atoms with Crippen LogP contribution >= 0.6 is 0 Å². The molecule has 0 aliphatic carbocycles. The molecule has 0 aromatic rings. The van der Waals surface area contributed by atoms with E-state index in [4.69, 9.17) is 9.47 Å². The highest BCUT2D eigenvalue weighted by Crippen LogP contribution is 2.30. The van der Waals surface area contributed by atoms with E-state index in [-0.39, 0.29) is 0 Å². The molecule has 0 rings (SSSR count). The number of unbranched alkanes of at least 4 members (excludes halogenated alkanes) is 1. The zero-order valence-corrected chi connectivity index (χ0v) is 13.1. The van der Waals surface area contributed by atoms with Crippen molar-refractivity contribution in [1.82, 2.24) is 5.32 Å². The minimum absolute atomic E-state index is 0.306. The van der Waals surface area contributed by atoms with E-state index in [2.05, 4.69) is 33.0 Å². The smallest absolute Gasteiger partial charge is 0.0587 e. The van der Waals surface area contributed by atoms with Crippen LogP contribution in [0.15, 0.2) is 0 Å². The first-order chi connectivity index (χ1) is 8.56. The van der Waals surface area contributed by atoms with Crippen LogP contribution in [0, 0.1) is 11.3 Å². The molecule has 0 aromatic heterocycles. The van der Waals surface area contributed by atoms with E-state index in [9.17, 15) is 0 Å². The van der Waals surface area contributed by atoms with Gasteiger partial charge in [0.25, 0.3) is 0 Å². The highest BCUT2D eigenvalue weighted by atomic mass is 16.5. The van der Waals surface area contributed by atoms with Crippen molar-refractivity contribution in [3.8, 4) is 0 Å². The third kappa shape index (κ3) is 8.06. The number of nitrogens with one attached hydrogen (secondary N) is 1. The highest BCUT2D eigenvalue weighted by Gasteiger charge is 2.27. The first-order valence-corrected chi connectivity index (χ1v) is 7.34. The SMILES string of the molecule is CCCCOCCC(C)(CNCCOC)C(C)C. The van der Waals surface area contributed by atoms with Crippen LogP contribution in [0.3, 0.4) is 0 Å².